The van der Waals surface area contributed by atoms with Crippen molar-refractivity contribution >= 4 is 17.9 Å². The van der Waals surface area contributed by atoms with Crippen molar-refractivity contribution in [2.75, 3.05) is 47.5 Å². The van der Waals surface area contributed by atoms with Gasteiger partial charge < -0.3 is 33.3 Å². The standard InChI is InChI=1S/C86H151NO8/c1-6-8-10-12-14-16-18-20-22-24-26-28-30-32-34-36-38-40-41-42-43-45-47-49-51-53-55-57-59-61-63-65-67-69-71-73-75-77-84(89)95-82(81-94-86(85(90)91)92-79-78-87(3,4)5)80-93-83(88)76-74-72-70-68-66-64-62-60-58-56-54-52-50-48-46-44-39-37-35-33-31-29-27-25-23-21-19-17-15-13-11-9-7-2/h8,10,14,16,19-22,25-28,31-34,38,40,82,86H,6-7,9,11-13,15,17-18,23-24,29-30,35-37,39,41-81H2,1-5H3/b10-8-,16-14-,21-19-,22-20-,27-25-,28-26-,33-31-,34-32-,40-38-. The Kier molecular flexibility index (Phi) is 72.5. The molecule has 0 aliphatic rings. The van der Waals surface area contributed by atoms with Gasteiger partial charge in [0, 0.05) is 12.8 Å². The SMILES string of the molecule is CC/C=C\C/C=C\C/C=C\C/C=C\C/C=C\C/C=C\CCCCCCCCCCCCCCCCCCCCC(=O)OC(COC(=O)CCCCCCCCCCCCCCCCCCCC/C=C\C/C=C\C/C=C\CCCCCCC)COC(OCC[N+](C)(C)C)C(=O)[O-]. The fourth-order valence-electron chi connectivity index (χ4n) is 11.4. The molecule has 0 aliphatic carbocycles. The molecule has 0 aromatic rings. The summed E-state index contributed by atoms with van der Waals surface area (Å²) in [7, 11) is 5.94. The van der Waals surface area contributed by atoms with Crippen LogP contribution in [0.15, 0.2) is 109 Å². The van der Waals surface area contributed by atoms with Crippen molar-refractivity contribution in [2.24, 2.45) is 0 Å². The zero-order valence-corrected chi connectivity index (χ0v) is 62.8. The van der Waals surface area contributed by atoms with Crippen LogP contribution in [0.2, 0.25) is 0 Å². The van der Waals surface area contributed by atoms with Gasteiger partial charge in [-0.2, -0.15) is 0 Å². The lowest BCUT2D eigenvalue weighted by atomic mass is 10.0. The summed E-state index contributed by atoms with van der Waals surface area (Å²) in [6.45, 7) is 4.67. The van der Waals surface area contributed by atoms with Gasteiger partial charge in [-0.3, -0.25) is 9.59 Å². The van der Waals surface area contributed by atoms with Crippen molar-refractivity contribution in [3.63, 3.8) is 0 Å². The lowest BCUT2D eigenvalue weighted by Gasteiger charge is -2.26. The van der Waals surface area contributed by atoms with E-state index in [2.05, 4.69) is 123 Å². The number of hydrogen-bond donors (Lipinski definition) is 0. The average molecular weight is 1330 g/mol. The maximum absolute atomic E-state index is 13.0. The summed E-state index contributed by atoms with van der Waals surface area (Å²) < 4.78 is 22.9. The number of unbranched alkanes of at least 4 members (excludes halogenated alkanes) is 41. The van der Waals surface area contributed by atoms with Crippen LogP contribution in [0, 0.1) is 0 Å². The molecule has 9 nitrogen and oxygen atoms in total. The fourth-order valence-corrected chi connectivity index (χ4v) is 11.4. The summed E-state index contributed by atoms with van der Waals surface area (Å²) in [5, 5.41) is 11.9. The van der Waals surface area contributed by atoms with E-state index in [9.17, 15) is 19.5 Å². The molecule has 0 saturated carbocycles. The Balaban J connectivity index is 4.02. The summed E-state index contributed by atoms with van der Waals surface area (Å²) >= 11 is 0. The number of rotatable bonds is 74. The van der Waals surface area contributed by atoms with E-state index in [0.717, 1.165) is 83.5 Å². The first kappa shape index (κ1) is 91.0. The number of ether oxygens (including phenoxy) is 4. The molecule has 548 valence electrons. The highest BCUT2D eigenvalue weighted by atomic mass is 16.7. The summed E-state index contributed by atoms with van der Waals surface area (Å²) in [5.41, 5.74) is 0. The summed E-state index contributed by atoms with van der Waals surface area (Å²) in [6, 6.07) is 0. The number of aliphatic carboxylic acids is 1. The zero-order chi connectivity index (χ0) is 69.0. The minimum Gasteiger partial charge on any atom is -0.545 e. The number of carbonyl (C=O) groups excluding carboxylic acids is 3. The molecule has 0 aliphatic heterocycles. The summed E-state index contributed by atoms with van der Waals surface area (Å²) in [4.78, 5) is 37.6. The van der Waals surface area contributed by atoms with Crippen LogP contribution >= 0.6 is 0 Å². The molecule has 9 heteroatoms. The minimum atomic E-state index is -1.63. The quantitative estimate of drug-likeness (QED) is 0.0195. The molecule has 0 spiro atoms. The number of carbonyl (C=O) groups is 3. The normalized spacial score (nSPS) is 13.2. The zero-order valence-electron chi connectivity index (χ0n) is 62.8. The average Bonchev–Trinajstić information content (AvgIpc) is 3.75. The van der Waals surface area contributed by atoms with Crippen molar-refractivity contribution < 1.29 is 42.9 Å². The fraction of sp³-hybridized carbons (Fsp3) is 0.756. The lowest BCUT2D eigenvalue weighted by molar-refractivity contribution is -0.870. The van der Waals surface area contributed by atoms with E-state index in [1.165, 1.54) is 244 Å². The Hall–Kier alpha value is -4.05. The first-order valence-corrected chi connectivity index (χ1v) is 40.0. The maximum Gasteiger partial charge on any atom is 0.306 e. The van der Waals surface area contributed by atoms with Crippen molar-refractivity contribution in [1.29, 1.82) is 0 Å². The van der Waals surface area contributed by atoms with Gasteiger partial charge in [-0.05, 0) is 103 Å². The van der Waals surface area contributed by atoms with Gasteiger partial charge in [0.15, 0.2) is 12.4 Å². The molecule has 0 bridgehead atoms. The van der Waals surface area contributed by atoms with Gasteiger partial charge >= 0.3 is 11.9 Å². The predicted molar refractivity (Wildman–Crippen MR) is 407 cm³/mol. The molecule has 0 saturated heterocycles. The second-order valence-corrected chi connectivity index (χ2v) is 28.0. The number of quaternary nitrogens is 1. The van der Waals surface area contributed by atoms with Crippen molar-refractivity contribution in [2.45, 2.75) is 373 Å². The van der Waals surface area contributed by atoms with E-state index in [1.807, 2.05) is 21.1 Å². The number of allylic oxidation sites excluding steroid dienone is 18. The molecule has 0 amide bonds. The van der Waals surface area contributed by atoms with E-state index < -0.39 is 24.3 Å². The first-order valence-electron chi connectivity index (χ1n) is 40.0. The lowest BCUT2D eigenvalue weighted by Crippen LogP contribution is -2.44. The highest BCUT2D eigenvalue weighted by Gasteiger charge is 2.22. The Labute approximate surface area is 587 Å². The van der Waals surface area contributed by atoms with Gasteiger partial charge in [0.2, 0.25) is 0 Å². The van der Waals surface area contributed by atoms with Crippen LogP contribution in [0.4, 0.5) is 0 Å². The third-order valence-corrected chi connectivity index (χ3v) is 17.5. The molecule has 0 N–H and O–H groups in total. The van der Waals surface area contributed by atoms with Crippen LogP contribution in [-0.4, -0.2) is 82.3 Å². The van der Waals surface area contributed by atoms with E-state index in [0.29, 0.717) is 23.9 Å². The van der Waals surface area contributed by atoms with Crippen LogP contribution < -0.4 is 5.11 Å². The van der Waals surface area contributed by atoms with Crippen molar-refractivity contribution in [3.05, 3.63) is 109 Å². The molecule has 2 atom stereocenters. The molecule has 95 heavy (non-hydrogen) atoms. The third-order valence-electron chi connectivity index (χ3n) is 17.5. The minimum absolute atomic E-state index is 0.146. The summed E-state index contributed by atoms with van der Waals surface area (Å²) in [5.74, 6) is -2.26. The molecule has 0 rings (SSSR count). The molecule has 0 aromatic carbocycles. The molecule has 0 heterocycles. The predicted octanol–water partition coefficient (Wildman–Crippen LogP) is 24.4. The maximum atomic E-state index is 13.0. The Morgan fingerprint density at radius 1 is 0.326 bits per heavy atom. The number of carboxylic acids is 1. The Morgan fingerprint density at radius 2 is 0.600 bits per heavy atom. The van der Waals surface area contributed by atoms with Crippen LogP contribution in [0.1, 0.15) is 361 Å². The van der Waals surface area contributed by atoms with Crippen LogP contribution in [-0.2, 0) is 33.3 Å². The smallest absolute Gasteiger partial charge is 0.306 e. The van der Waals surface area contributed by atoms with Crippen molar-refractivity contribution in [1.82, 2.24) is 0 Å². The van der Waals surface area contributed by atoms with E-state index in [-0.39, 0.29) is 32.2 Å². The second kappa shape index (κ2) is 75.7. The topological polar surface area (TPSA) is 111 Å². The summed E-state index contributed by atoms with van der Waals surface area (Å²) in [6.07, 6.45) is 103. The van der Waals surface area contributed by atoms with Gasteiger partial charge in [0.25, 0.3) is 0 Å². The van der Waals surface area contributed by atoms with Crippen molar-refractivity contribution in [3.8, 4) is 0 Å². The number of hydrogen-bond acceptors (Lipinski definition) is 8. The van der Waals surface area contributed by atoms with Crippen LogP contribution in [0.3, 0.4) is 0 Å². The Morgan fingerprint density at radius 3 is 0.895 bits per heavy atom. The van der Waals surface area contributed by atoms with Crippen LogP contribution in [0.5, 0.6) is 0 Å². The van der Waals surface area contributed by atoms with E-state index in [1.54, 1.807) is 0 Å². The first-order chi connectivity index (χ1) is 46.6. The molecular formula is C86H151NO8. The van der Waals surface area contributed by atoms with Gasteiger partial charge in [-0.25, -0.2) is 0 Å². The van der Waals surface area contributed by atoms with E-state index >= 15 is 0 Å². The van der Waals surface area contributed by atoms with E-state index in [4.69, 9.17) is 18.9 Å². The second-order valence-electron chi connectivity index (χ2n) is 28.0. The highest BCUT2D eigenvalue weighted by Crippen LogP contribution is 2.19. The molecule has 2 unspecified atom stereocenters. The largest absolute Gasteiger partial charge is 0.545 e. The van der Waals surface area contributed by atoms with Gasteiger partial charge in [0.05, 0.1) is 40.3 Å². The highest BCUT2D eigenvalue weighted by molar-refractivity contribution is 5.70. The third kappa shape index (κ3) is 77.2. The molecular weight excluding hydrogens is 1170 g/mol. The van der Waals surface area contributed by atoms with Gasteiger partial charge in [0.1, 0.15) is 13.2 Å². The molecule has 0 aromatic heterocycles. The van der Waals surface area contributed by atoms with Gasteiger partial charge in [-0.15, -0.1) is 0 Å². The van der Waals surface area contributed by atoms with Crippen LogP contribution in [0.25, 0.3) is 0 Å². The molecule has 0 radical (unpaired) electrons. The number of carboxylic acid groups (broad SMARTS) is 1. The number of nitrogens with zero attached hydrogens (tertiary/aromatic N) is 1. The number of esters is 2. The van der Waals surface area contributed by atoms with Gasteiger partial charge in [-0.1, -0.05) is 354 Å². The number of likely N-dealkylation sites (N-methyl/N-ethyl adjacent to an activating group) is 1. The molecule has 0 fully saturated rings. The Bertz CT molecular complexity index is 1930. The monoisotopic (exact) mass is 1330 g/mol.